The molecule has 1 aromatic heterocycles. The van der Waals surface area contributed by atoms with Crippen molar-refractivity contribution in [3.8, 4) is 0 Å². The largest absolute Gasteiger partial charge is 0.359 e. The minimum Gasteiger partial charge on any atom is -0.359 e. The Balaban J connectivity index is 2.46. The summed E-state index contributed by atoms with van der Waals surface area (Å²) in [5.74, 6) is 1.71. The van der Waals surface area contributed by atoms with E-state index in [-0.39, 0.29) is 0 Å². The first-order valence-corrected chi connectivity index (χ1v) is 6.86. The van der Waals surface area contributed by atoms with E-state index in [2.05, 4.69) is 55.4 Å². The maximum absolute atomic E-state index is 4.83. The highest BCUT2D eigenvalue weighted by Crippen LogP contribution is 2.23. The monoisotopic (exact) mass is 257 g/mol. The Morgan fingerprint density at radius 2 is 2.00 bits per heavy atom. The van der Waals surface area contributed by atoms with Crippen LogP contribution in [0.3, 0.4) is 0 Å². The summed E-state index contributed by atoms with van der Waals surface area (Å²) in [5, 5.41) is 4.43. The van der Waals surface area contributed by atoms with Crippen molar-refractivity contribution < 1.29 is 0 Å². The smallest absolute Gasteiger partial charge is 0.133 e. The van der Waals surface area contributed by atoms with Gasteiger partial charge in [-0.2, -0.15) is 0 Å². The summed E-state index contributed by atoms with van der Waals surface area (Å²) in [7, 11) is 4.09. The van der Waals surface area contributed by atoms with Gasteiger partial charge in [-0.25, -0.2) is 4.98 Å². The van der Waals surface area contributed by atoms with Gasteiger partial charge in [-0.3, -0.25) is 0 Å². The van der Waals surface area contributed by atoms with Crippen molar-refractivity contribution in [2.24, 2.45) is 5.92 Å². The number of nitrogens with zero attached hydrogens (tertiary/aromatic N) is 2. The van der Waals surface area contributed by atoms with Gasteiger partial charge in [-0.05, 0) is 25.1 Å². The third-order valence-corrected chi connectivity index (χ3v) is 3.15. The lowest BCUT2D eigenvalue weighted by Crippen LogP contribution is -2.25. The first-order chi connectivity index (χ1) is 9.11. The molecule has 1 heterocycles. The summed E-state index contributed by atoms with van der Waals surface area (Å²) >= 11 is 0. The fraction of sp³-hybridized carbons (Fsp3) is 0.438. The Hall–Kier alpha value is -1.61. The van der Waals surface area contributed by atoms with Gasteiger partial charge in [0.15, 0.2) is 0 Å². The molecule has 1 N–H and O–H groups in total. The lowest BCUT2D eigenvalue weighted by molar-refractivity contribution is 0.632. The number of pyridine rings is 1. The zero-order chi connectivity index (χ0) is 13.8. The fourth-order valence-corrected chi connectivity index (χ4v) is 2.43. The van der Waals surface area contributed by atoms with Crippen molar-refractivity contribution in [1.82, 2.24) is 10.3 Å². The predicted molar refractivity (Wildman–Crippen MR) is 82.6 cm³/mol. The van der Waals surface area contributed by atoms with Crippen LogP contribution in [-0.4, -0.2) is 25.6 Å². The molecule has 1 aromatic carbocycles. The SMILES string of the molecule is CNCc1cc2ccccc2nc1N(C)CC(C)C. The first-order valence-electron chi connectivity index (χ1n) is 6.86. The molecule has 3 heteroatoms. The van der Waals surface area contributed by atoms with E-state index in [1.165, 1.54) is 10.9 Å². The Morgan fingerprint density at radius 3 is 2.68 bits per heavy atom. The molecule has 0 spiro atoms. The molecular formula is C16H23N3. The van der Waals surface area contributed by atoms with Crippen LogP contribution in [0.5, 0.6) is 0 Å². The maximum Gasteiger partial charge on any atom is 0.133 e. The average molecular weight is 257 g/mol. The second kappa shape index (κ2) is 6.02. The van der Waals surface area contributed by atoms with E-state index in [0.29, 0.717) is 5.92 Å². The van der Waals surface area contributed by atoms with E-state index in [9.17, 15) is 0 Å². The molecule has 0 atom stereocenters. The van der Waals surface area contributed by atoms with Gasteiger partial charge in [-0.15, -0.1) is 0 Å². The van der Waals surface area contributed by atoms with Crippen molar-refractivity contribution in [2.75, 3.05) is 25.5 Å². The van der Waals surface area contributed by atoms with Crippen LogP contribution >= 0.6 is 0 Å². The number of anilines is 1. The van der Waals surface area contributed by atoms with Crippen LogP contribution in [0.1, 0.15) is 19.4 Å². The van der Waals surface area contributed by atoms with Crippen LogP contribution < -0.4 is 10.2 Å². The van der Waals surface area contributed by atoms with E-state index in [1.54, 1.807) is 0 Å². The average Bonchev–Trinajstić information content (AvgIpc) is 2.37. The number of para-hydroxylation sites is 1. The van der Waals surface area contributed by atoms with Gasteiger partial charge < -0.3 is 10.2 Å². The molecule has 0 radical (unpaired) electrons. The topological polar surface area (TPSA) is 28.2 Å². The van der Waals surface area contributed by atoms with Crippen molar-refractivity contribution >= 4 is 16.7 Å². The Morgan fingerprint density at radius 1 is 1.26 bits per heavy atom. The van der Waals surface area contributed by atoms with Gasteiger partial charge in [-0.1, -0.05) is 32.0 Å². The van der Waals surface area contributed by atoms with E-state index >= 15 is 0 Å². The highest BCUT2D eigenvalue weighted by Gasteiger charge is 2.11. The minimum atomic E-state index is 0.626. The van der Waals surface area contributed by atoms with Crippen LogP contribution in [0.2, 0.25) is 0 Å². The highest BCUT2D eigenvalue weighted by molar-refractivity contribution is 5.81. The lowest BCUT2D eigenvalue weighted by Gasteiger charge is -2.23. The molecule has 2 rings (SSSR count). The number of hydrogen-bond acceptors (Lipinski definition) is 3. The molecule has 0 aliphatic rings. The van der Waals surface area contributed by atoms with E-state index < -0.39 is 0 Å². The zero-order valence-corrected chi connectivity index (χ0v) is 12.3. The van der Waals surface area contributed by atoms with Gasteiger partial charge >= 0.3 is 0 Å². The normalized spacial score (nSPS) is 11.2. The van der Waals surface area contributed by atoms with E-state index in [4.69, 9.17) is 4.98 Å². The van der Waals surface area contributed by atoms with Crippen LogP contribution in [0, 0.1) is 5.92 Å². The second-order valence-electron chi connectivity index (χ2n) is 5.47. The molecule has 0 aliphatic heterocycles. The molecule has 19 heavy (non-hydrogen) atoms. The molecule has 0 fully saturated rings. The van der Waals surface area contributed by atoms with Crippen molar-refractivity contribution in [1.29, 1.82) is 0 Å². The second-order valence-corrected chi connectivity index (χ2v) is 5.47. The van der Waals surface area contributed by atoms with E-state index in [0.717, 1.165) is 24.4 Å². The molecule has 2 aromatic rings. The Labute approximate surface area is 115 Å². The van der Waals surface area contributed by atoms with Crippen molar-refractivity contribution in [2.45, 2.75) is 20.4 Å². The standard InChI is InChI=1S/C16H23N3/c1-12(2)11-19(4)16-14(10-17-3)9-13-7-5-6-8-15(13)18-16/h5-9,12,17H,10-11H2,1-4H3. The molecule has 0 unspecified atom stereocenters. The Bertz CT molecular complexity index is 549. The number of aromatic nitrogens is 1. The summed E-state index contributed by atoms with van der Waals surface area (Å²) in [6, 6.07) is 10.5. The van der Waals surface area contributed by atoms with Gasteiger partial charge in [0.2, 0.25) is 0 Å². The molecule has 0 saturated carbocycles. The number of rotatable bonds is 5. The molecule has 0 aliphatic carbocycles. The van der Waals surface area contributed by atoms with Crippen LogP contribution in [0.15, 0.2) is 30.3 Å². The summed E-state index contributed by atoms with van der Waals surface area (Å²) in [6.45, 7) is 6.32. The Kier molecular flexibility index (Phi) is 4.38. The molecule has 102 valence electrons. The van der Waals surface area contributed by atoms with Gasteiger partial charge in [0.25, 0.3) is 0 Å². The maximum atomic E-state index is 4.83. The molecular weight excluding hydrogens is 234 g/mol. The van der Waals surface area contributed by atoms with Gasteiger partial charge in [0.1, 0.15) is 5.82 Å². The third-order valence-electron chi connectivity index (χ3n) is 3.15. The first kappa shape index (κ1) is 13.8. The summed E-state index contributed by atoms with van der Waals surface area (Å²) in [5.41, 5.74) is 2.32. The van der Waals surface area contributed by atoms with E-state index in [1.807, 2.05) is 13.1 Å². The molecule has 0 saturated heterocycles. The summed E-state index contributed by atoms with van der Waals surface area (Å²) < 4.78 is 0. The third kappa shape index (κ3) is 3.24. The molecule has 0 amide bonds. The molecule has 3 nitrogen and oxygen atoms in total. The summed E-state index contributed by atoms with van der Waals surface area (Å²) in [6.07, 6.45) is 0. The predicted octanol–water partition coefficient (Wildman–Crippen LogP) is 3.05. The van der Waals surface area contributed by atoms with Crippen molar-refractivity contribution in [3.63, 3.8) is 0 Å². The number of fused-ring (bicyclic) bond motifs is 1. The quantitative estimate of drug-likeness (QED) is 0.892. The lowest BCUT2D eigenvalue weighted by atomic mass is 10.1. The van der Waals surface area contributed by atoms with Gasteiger partial charge in [0, 0.05) is 31.1 Å². The van der Waals surface area contributed by atoms with Crippen molar-refractivity contribution in [3.05, 3.63) is 35.9 Å². The number of hydrogen-bond donors (Lipinski definition) is 1. The van der Waals surface area contributed by atoms with Crippen LogP contribution in [0.4, 0.5) is 5.82 Å². The molecule has 0 bridgehead atoms. The fourth-order valence-electron chi connectivity index (χ4n) is 2.43. The van der Waals surface area contributed by atoms with Gasteiger partial charge in [0.05, 0.1) is 5.52 Å². The number of nitrogens with one attached hydrogen (secondary N) is 1. The van der Waals surface area contributed by atoms with Crippen LogP contribution in [-0.2, 0) is 6.54 Å². The van der Waals surface area contributed by atoms with Crippen LogP contribution in [0.25, 0.3) is 10.9 Å². The minimum absolute atomic E-state index is 0.626. The highest BCUT2D eigenvalue weighted by atomic mass is 15.2. The summed E-state index contributed by atoms with van der Waals surface area (Å²) in [4.78, 5) is 7.09. The number of benzene rings is 1. The zero-order valence-electron chi connectivity index (χ0n) is 12.3.